The molecular formula is C7H2Br2ClNS. The fourth-order valence-electron chi connectivity index (χ4n) is 0.592. The van der Waals surface area contributed by atoms with Crippen molar-refractivity contribution >= 4 is 59.8 Å². The van der Waals surface area contributed by atoms with Gasteiger partial charge in [-0.05, 0) is 37.9 Å². The van der Waals surface area contributed by atoms with Gasteiger partial charge in [-0.15, -0.1) is 11.3 Å². The van der Waals surface area contributed by atoms with E-state index in [1.807, 2.05) is 12.1 Å². The summed E-state index contributed by atoms with van der Waals surface area (Å²) >= 11 is 13.9. The van der Waals surface area contributed by atoms with Gasteiger partial charge < -0.3 is 0 Å². The molecule has 12 heavy (non-hydrogen) atoms. The summed E-state index contributed by atoms with van der Waals surface area (Å²) < 4.78 is 1.92. The lowest BCUT2D eigenvalue weighted by atomic mass is 10.4. The Bertz CT molecular complexity index is 344. The van der Waals surface area contributed by atoms with Gasteiger partial charge in [-0.2, -0.15) is 5.26 Å². The van der Waals surface area contributed by atoms with Crippen molar-refractivity contribution in [2.24, 2.45) is 0 Å². The molecule has 0 aliphatic carbocycles. The third-order valence-electron chi connectivity index (χ3n) is 1.07. The summed E-state index contributed by atoms with van der Waals surface area (Å²) in [5.41, 5.74) is 0. The van der Waals surface area contributed by atoms with Crippen molar-refractivity contribution in [2.75, 3.05) is 0 Å². The predicted molar refractivity (Wildman–Crippen MR) is 59.2 cm³/mol. The van der Waals surface area contributed by atoms with E-state index in [9.17, 15) is 0 Å². The number of hydrogen-bond donors (Lipinski definition) is 0. The Kier molecular flexibility index (Phi) is 3.78. The third-order valence-corrected chi connectivity index (χ3v) is 4.79. The highest BCUT2D eigenvalue weighted by molar-refractivity contribution is 9.13. The van der Waals surface area contributed by atoms with E-state index in [1.54, 1.807) is 0 Å². The van der Waals surface area contributed by atoms with Gasteiger partial charge >= 0.3 is 0 Å². The predicted octanol–water partition coefficient (Wildman–Crippen LogP) is 4.38. The highest BCUT2D eigenvalue weighted by Gasteiger charge is 2.06. The molecule has 1 heterocycles. The minimum Gasteiger partial charge on any atom is -0.193 e. The monoisotopic (exact) mass is 325 g/mol. The molecule has 0 amide bonds. The Morgan fingerprint density at radius 1 is 1.67 bits per heavy atom. The summed E-state index contributed by atoms with van der Waals surface area (Å²) in [5, 5.41) is 8.81. The van der Waals surface area contributed by atoms with E-state index in [2.05, 4.69) is 31.9 Å². The molecule has 0 unspecified atom stereocenters. The number of thiophene rings is 1. The molecule has 1 aromatic rings. The van der Waals surface area contributed by atoms with Gasteiger partial charge in [0.1, 0.15) is 0 Å². The van der Waals surface area contributed by atoms with Crippen LogP contribution < -0.4 is 0 Å². The summed E-state index contributed by atoms with van der Waals surface area (Å²) in [6.07, 6.45) is 1.31. The first-order valence-corrected chi connectivity index (χ1v) is 5.63. The van der Waals surface area contributed by atoms with Crippen LogP contribution in [0, 0.1) is 11.3 Å². The van der Waals surface area contributed by atoms with Crippen molar-refractivity contribution in [3.63, 3.8) is 0 Å². The lowest BCUT2D eigenvalue weighted by Gasteiger charge is -1.86. The first-order valence-electron chi connectivity index (χ1n) is 2.85. The number of rotatable bonds is 1. The van der Waals surface area contributed by atoms with E-state index in [-0.39, 0.29) is 0 Å². The van der Waals surface area contributed by atoms with Gasteiger partial charge in [-0.1, -0.05) is 11.6 Å². The molecule has 0 bridgehead atoms. The molecule has 62 valence electrons. The minimum atomic E-state index is 0.467. The number of halogens is 3. The van der Waals surface area contributed by atoms with Crippen molar-refractivity contribution < 1.29 is 0 Å². The second kappa shape index (κ2) is 4.43. The van der Waals surface area contributed by atoms with Gasteiger partial charge in [-0.3, -0.25) is 0 Å². The third kappa shape index (κ3) is 2.33. The molecule has 1 nitrogen and oxygen atoms in total. The molecule has 0 aromatic carbocycles. The molecule has 0 N–H and O–H groups in total. The summed E-state index contributed by atoms with van der Waals surface area (Å²) in [6.45, 7) is 0. The highest BCUT2D eigenvalue weighted by atomic mass is 79.9. The zero-order valence-corrected chi connectivity index (χ0v) is 10.4. The van der Waals surface area contributed by atoms with Crippen LogP contribution in [0.4, 0.5) is 0 Å². The maximum atomic E-state index is 8.34. The van der Waals surface area contributed by atoms with E-state index in [1.165, 1.54) is 17.4 Å². The van der Waals surface area contributed by atoms with Gasteiger partial charge in [-0.25, -0.2) is 0 Å². The van der Waals surface area contributed by atoms with E-state index in [4.69, 9.17) is 16.9 Å². The van der Waals surface area contributed by atoms with Crippen LogP contribution in [-0.4, -0.2) is 0 Å². The number of nitrogens with zero attached hydrogens (tertiary/aromatic N) is 1. The SMILES string of the molecule is N#CC=C(Cl)c1cc(Br)c(Br)s1. The summed E-state index contributed by atoms with van der Waals surface area (Å²) in [4.78, 5) is 0.872. The van der Waals surface area contributed by atoms with Crippen molar-refractivity contribution in [1.82, 2.24) is 0 Å². The molecule has 0 aliphatic rings. The van der Waals surface area contributed by atoms with Gasteiger partial charge in [0.25, 0.3) is 0 Å². The fourth-order valence-corrected chi connectivity index (χ4v) is 2.75. The second-order valence-electron chi connectivity index (χ2n) is 1.85. The number of allylic oxidation sites excluding steroid dienone is 1. The van der Waals surface area contributed by atoms with Crippen LogP contribution in [0.3, 0.4) is 0 Å². The number of hydrogen-bond acceptors (Lipinski definition) is 2. The molecule has 0 saturated carbocycles. The largest absolute Gasteiger partial charge is 0.193 e. The van der Waals surface area contributed by atoms with E-state index in [0.717, 1.165) is 13.1 Å². The van der Waals surface area contributed by atoms with Crippen molar-refractivity contribution in [1.29, 1.82) is 5.26 Å². The Labute approximate surface area is 95.9 Å². The lowest BCUT2D eigenvalue weighted by Crippen LogP contribution is -1.64. The van der Waals surface area contributed by atoms with Crippen LogP contribution in [0.25, 0.3) is 5.03 Å². The Morgan fingerprint density at radius 2 is 2.33 bits per heavy atom. The van der Waals surface area contributed by atoms with Crippen molar-refractivity contribution in [2.45, 2.75) is 0 Å². The first kappa shape index (κ1) is 10.3. The van der Waals surface area contributed by atoms with Crippen LogP contribution in [0.1, 0.15) is 4.88 Å². The standard InChI is InChI=1S/C7H2Br2ClNS/c8-4-3-6(12-7(4)9)5(10)1-2-11/h1,3H. The van der Waals surface area contributed by atoms with Crippen LogP contribution in [-0.2, 0) is 0 Å². The number of nitriles is 1. The van der Waals surface area contributed by atoms with E-state index in [0.29, 0.717) is 5.03 Å². The molecular weight excluding hydrogens is 325 g/mol. The normalized spacial score (nSPS) is 11.3. The maximum absolute atomic E-state index is 8.34. The molecule has 0 spiro atoms. The van der Waals surface area contributed by atoms with E-state index >= 15 is 0 Å². The average molecular weight is 327 g/mol. The molecule has 0 saturated heterocycles. The smallest absolute Gasteiger partial charge is 0.0928 e. The molecule has 1 rings (SSSR count). The van der Waals surface area contributed by atoms with Crippen LogP contribution in [0.5, 0.6) is 0 Å². The van der Waals surface area contributed by atoms with Crippen LogP contribution in [0.2, 0.25) is 0 Å². The second-order valence-corrected chi connectivity index (χ2v) is 5.49. The molecule has 5 heteroatoms. The molecule has 1 aromatic heterocycles. The molecule has 0 atom stereocenters. The first-order chi connectivity index (χ1) is 5.65. The quantitative estimate of drug-likeness (QED) is 0.702. The Morgan fingerprint density at radius 3 is 2.75 bits per heavy atom. The summed E-state index contributed by atoms with van der Waals surface area (Å²) in [6, 6.07) is 3.74. The Hall–Kier alpha value is 0.180. The zero-order valence-electron chi connectivity index (χ0n) is 5.64. The summed E-state index contributed by atoms with van der Waals surface area (Å²) in [5.74, 6) is 0. The molecule has 0 fully saturated rings. The van der Waals surface area contributed by atoms with Gasteiger partial charge in [0, 0.05) is 15.4 Å². The van der Waals surface area contributed by atoms with Crippen LogP contribution >= 0.6 is 54.8 Å². The highest BCUT2D eigenvalue weighted by Crippen LogP contribution is 2.36. The maximum Gasteiger partial charge on any atom is 0.0928 e. The fraction of sp³-hybridized carbons (Fsp3) is 0. The summed E-state index contributed by atoms with van der Waals surface area (Å²) in [7, 11) is 0. The molecule has 0 radical (unpaired) electrons. The van der Waals surface area contributed by atoms with Crippen LogP contribution in [0.15, 0.2) is 20.4 Å². The zero-order chi connectivity index (χ0) is 9.14. The van der Waals surface area contributed by atoms with Gasteiger partial charge in [0.15, 0.2) is 0 Å². The topological polar surface area (TPSA) is 23.8 Å². The Balaban J connectivity index is 3.06. The lowest BCUT2D eigenvalue weighted by molar-refractivity contribution is 1.54. The van der Waals surface area contributed by atoms with Crippen molar-refractivity contribution in [3.8, 4) is 6.07 Å². The van der Waals surface area contributed by atoms with Gasteiger partial charge in [0.05, 0.1) is 14.9 Å². The average Bonchev–Trinajstić information content (AvgIpc) is 2.33. The van der Waals surface area contributed by atoms with Crippen molar-refractivity contribution in [3.05, 3.63) is 25.3 Å². The van der Waals surface area contributed by atoms with Gasteiger partial charge in [0.2, 0.25) is 0 Å². The van der Waals surface area contributed by atoms with E-state index < -0.39 is 0 Å². The minimum absolute atomic E-state index is 0.467. The molecule has 0 aliphatic heterocycles.